The molecule has 2 aliphatic rings. The minimum atomic E-state index is -0.388. The summed E-state index contributed by atoms with van der Waals surface area (Å²) < 4.78 is 0. The van der Waals surface area contributed by atoms with Crippen LogP contribution in [0.4, 0.5) is 5.69 Å². The number of benzene rings is 1. The van der Waals surface area contributed by atoms with Crippen molar-refractivity contribution in [2.24, 2.45) is 0 Å². The maximum absolute atomic E-state index is 9.96. The van der Waals surface area contributed by atoms with Crippen LogP contribution < -0.4 is 4.90 Å². The van der Waals surface area contributed by atoms with Gasteiger partial charge in [-0.05, 0) is 51.8 Å². The molecule has 3 rings (SSSR count). The van der Waals surface area contributed by atoms with Crippen LogP contribution in [-0.2, 0) is 0 Å². The first-order chi connectivity index (χ1) is 10.3. The van der Waals surface area contributed by atoms with Crippen LogP contribution in [0, 0.1) is 0 Å². The number of para-hydroxylation sites is 1. The van der Waals surface area contributed by atoms with Gasteiger partial charge in [-0.1, -0.05) is 24.6 Å². The molecule has 0 bridgehead atoms. The summed E-state index contributed by atoms with van der Waals surface area (Å²) in [7, 11) is 0. The van der Waals surface area contributed by atoms with Crippen LogP contribution in [0.1, 0.15) is 50.7 Å². The lowest BCUT2D eigenvalue weighted by Gasteiger charge is -2.41. The van der Waals surface area contributed by atoms with E-state index in [4.69, 9.17) is 0 Å². The molecule has 0 radical (unpaired) electrons. The van der Waals surface area contributed by atoms with Crippen molar-refractivity contribution in [3.8, 4) is 0 Å². The smallest absolute Gasteiger partial charge is 0.0781 e. The molecule has 3 heteroatoms. The molecule has 21 heavy (non-hydrogen) atoms. The van der Waals surface area contributed by atoms with E-state index in [9.17, 15) is 5.11 Å². The second-order valence-corrected chi connectivity index (χ2v) is 6.55. The summed E-state index contributed by atoms with van der Waals surface area (Å²) in [5.41, 5.74) is 2.29. The number of nitrogens with zero attached hydrogens (tertiary/aromatic N) is 2. The van der Waals surface area contributed by atoms with Crippen molar-refractivity contribution in [3.63, 3.8) is 0 Å². The molecule has 116 valence electrons. The van der Waals surface area contributed by atoms with Crippen molar-refractivity contribution in [2.75, 3.05) is 31.1 Å². The molecule has 2 heterocycles. The van der Waals surface area contributed by atoms with Crippen molar-refractivity contribution in [2.45, 2.75) is 51.2 Å². The summed E-state index contributed by atoms with van der Waals surface area (Å²) >= 11 is 0. The molecule has 1 aromatic rings. The summed E-state index contributed by atoms with van der Waals surface area (Å²) in [6.45, 7) is 6.69. The van der Waals surface area contributed by atoms with Gasteiger partial charge in [-0.25, -0.2) is 0 Å². The number of aliphatic hydroxyl groups is 1. The second kappa shape index (κ2) is 6.80. The summed E-state index contributed by atoms with van der Waals surface area (Å²) in [5, 5.41) is 9.96. The number of aliphatic hydroxyl groups excluding tert-OH is 1. The van der Waals surface area contributed by atoms with Crippen LogP contribution in [-0.4, -0.2) is 42.2 Å². The van der Waals surface area contributed by atoms with Crippen molar-refractivity contribution >= 4 is 5.69 Å². The number of hydrogen-bond acceptors (Lipinski definition) is 3. The molecular formula is C18H28N2O. The van der Waals surface area contributed by atoms with E-state index in [2.05, 4.69) is 28.0 Å². The Kier molecular flexibility index (Phi) is 4.81. The number of likely N-dealkylation sites (tertiary alicyclic amines) is 1. The zero-order valence-electron chi connectivity index (χ0n) is 13.2. The van der Waals surface area contributed by atoms with Crippen molar-refractivity contribution in [1.82, 2.24) is 4.90 Å². The molecule has 2 aliphatic heterocycles. The fourth-order valence-corrected chi connectivity index (χ4v) is 3.88. The molecule has 2 fully saturated rings. The molecular weight excluding hydrogens is 260 g/mol. The molecule has 0 spiro atoms. The van der Waals surface area contributed by atoms with Crippen molar-refractivity contribution in [1.29, 1.82) is 0 Å². The first-order valence-electron chi connectivity index (χ1n) is 8.51. The third-order valence-corrected chi connectivity index (χ3v) is 5.10. The van der Waals surface area contributed by atoms with Gasteiger partial charge in [0.2, 0.25) is 0 Å². The van der Waals surface area contributed by atoms with Gasteiger partial charge in [0, 0.05) is 30.4 Å². The first-order valence-corrected chi connectivity index (χ1v) is 8.51. The van der Waals surface area contributed by atoms with Crippen LogP contribution in [0.3, 0.4) is 0 Å². The maximum Gasteiger partial charge on any atom is 0.0781 e. The average Bonchev–Trinajstić information content (AvgIpc) is 2.56. The fourth-order valence-electron chi connectivity index (χ4n) is 3.88. The molecule has 0 aromatic heterocycles. The Morgan fingerprint density at radius 2 is 1.67 bits per heavy atom. The molecule has 3 nitrogen and oxygen atoms in total. The molecule has 1 atom stereocenters. The highest BCUT2D eigenvalue weighted by molar-refractivity contribution is 5.54. The van der Waals surface area contributed by atoms with Crippen molar-refractivity contribution in [3.05, 3.63) is 29.8 Å². The molecule has 0 aliphatic carbocycles. The van der Waals surface area contributed by atoms with Gasteiger partial charge >= 0.3 is 0 Å². The quantitative estimate of drug-likeness (QED) is 0.925. The highest BCUT2D eigenvalue weighted by Crippen LogP contribution is 2.30. The predicted molar refractivity (Wildman–Crippen MR) is 87.7 cm³/mol. The number of hydrogen-bond donors (Lipinski definition) is 1. The topological polar surface area (TPSA) is 26.7 Å². The summed E-state index contributed by atoms with van der Waals surface area (Å²) in [6, 6.07) is 9.09. The summed E-state index contributed by atoms with van der Waals surface area (Å²) in [6.07, 6.45) is 6.30. The van der Waals surface area contributed by atoms with E-state index in [0.29, 0.717) is 0 Å². The Bertz CT molecular complexity index is 446. The third kappa shape index (κ3) is 3.41. The van der Waals surface area contributed by atoms with E-state index in [0.717, 1.165) is 24.7 Å². The SMILES string of the molecule is CC(O)c1ccccc1N1CCC(N2CCCCC2)CC1. The largest absolute Gasteiger partial charge is 0.389 e. The van der Waals surface area contributed by atoms with Crippen LogP contribution in [0.25, 0.3) is 0 Å². The predicted octanol–water partition coefficient (Wildman–Crippen LogP) is 3.19. The Morgan fingerprint density at radius 3 is 2.33 bits per heavy atom. The van der Waals surface area contributed by atoms with Gasteiger partial charge in [0.15, 0.2) is 0 Å². The van der Waals surface area contributed by atoms with Gasteiger partial charge in [0.05, 0.1) is 6.10 Å². The van der Waals surface area contributed by atoms with E-state index in [1.807, 2.05) is 13.0 Å². The van der Waals surface area contributed by atoms with Crippen LogP contribution in [0.5, 0.6) is 0 Å². The van der Waals surface area contributed by atoms with Crippen LogP contribution in [0.2, 0.25) is 0 Å². The monoisotopic (exact) mass is 288 g/mol. The highest BCUT2D eigenvalue weighted by atomic mass is 16.3. The van der Waals surface area contributed by atoms with Crippen LogP contribution in [0.15, 0.2) is 24.3 Å². The molecule has 2 saturated heterocycles. The van der Waals surface area contributed by atoms with E-state index < -0.39 is 0 Å². The molecule has 1 aromatic carbocycles. The fraction of sp³-hybridized carbons (Fsp3) is 0.667. The Balaban J connectivity index is 1.63. The van der Waals surface area contributed by atoms with E-state index >= 15 is 0 Å². The lowest BCUT2D eigenvalue weighted by atomic mass is 9.98. The van der Waals surface area contributed by atoms with Gasteiger partial charge < -0.3 is 14.9 Å². The number of piperidine rings is 2. The Morgan fingerprint density at radius 1 is 1.00 bits per heavy atom. The van der Waals surface area contributed by atoms with Gasteiger partial charge in [-0.2, -0.15) is 0 Å². The van der Waals surface area contributed by atoms with E-state index in [1.54, 1.807) is 0 Å². The van der Waals surface area contributed by atoms with Gasteiger partial charge in [-0.3, -0.25) is 0 Å². The third-order valence-electron chi connectivity index (χ3n) is 5.10. The lowest BCUT2D eigenvalue weighted by Crippen LogP contribution is -2.47. The van der Waals surface area contributed by atoms with Crippen LogP contribution >= 0.6 is 0 Å². The Hall–Kier alpha value is -1.06. The zero-order chi connectivity index (χ0) is 14.7. The average molecular weight is 288 g/mol. The van der Waals surface area contributed by atoms with Crippen molar-refractivity contribution < 1.29 is 5.11 Å². The van der Waals surface area contributed by atoms with Gasteiger partial charge in [-0.15, -0.1) is 0 Å². The Labute approximate surface area is 128 Å². The van der Waals surface area contributed by atoms with E-state index in [1.165, 1.54) is 50.9 Å². The minimum absolute atomic E-state index is 0.388. The molecule has 0 amide bonds. The summed E-state index contributed by atoms with van der Waals surface area (Å²) in [5.74, 6) is 0. The summed E-state index contributed by atoms with van der Waals surface area (Å²) in [4.78, 5) is 5.17. The molecule has 0 saturated carbocycles. The first kappa shape index (κ1) is 14.9. The number of rotatable bonds is 3. The highest BCUT2D eigenvalue weighted by Gasteiger charge is 2.26. The second-order valence-electron chi connectivity index (χ2n) is 6.55. The maximum atomic E-state index is 9.96. The zero-order valence-corrected chi connectivity index (χ0v) is 13.2. The minimum Gasteiger partial charge on any atom is -0.389 e. The molecule has 1 unspecified atom stereocenters. The lowest BCUT2D eigenvalue weighted by molar-refractivity contribution is 0.141. The van der Waals surface area contributed by atoms with Gasteiger partial charge in [0.25, 0.3) is 0 Å². The van der Waals surface area contributed by atoms with Gasteiger partial charge in [0.1, 0.15) is 0 Å². The van der Waals surface area contributed by atoms with E-state index in [-0.39, 0.29) is 6.10 Å². The number of anilines is 1. The molecule has 1 N–H and O–H groups in total. The standard InChI is InChI=1S/C18H28N2O/c1-15(21)17-7-3-4-8-18(17)20-13-9-16(10-14-20)19-11-5-2-6-12-19/h3-4,7-8,15-16,21H,2,5-6,9-14H2,1H3. The normalized spacial score (nSPS) is 23.2.